The van der Waals surface area contributed by atoms with Crippen molar-refractivity contribution in [3.05, 3.63) is 47.8 Å². The SMILES string of the molecule is Cc1cc2cc(n1)-c1cnn(C)c1OCCC[C@@H](C)Cn1c(nc3ccc(N=S4(=O)CCC(N5CCNCC5)CC4)cc31)NC2=O. The Kier molecular flexibility index (Phi) is 8.55. The van der Waals surface area contributed by atoms with E-state index in [2.05, 4.69) is 32.1 Å². The molecule has 7 rings (SSSR count). The minimum absolute atomic E-state index is 0.272. The second kappa shape index (κ2) is 12.8. The molecule has 1 aromatic carbocycles. The number of rotatable bonds is 2. The van der Waals surface area contributed by atoms with E-state index in [4.69, 9.17) is 19.1 Å². The van der Waals surface area contributed by atoms with E-state index in [1.807, 2.05) is 32.2 Å². The number of carbonyl (C=O) groups excluding carboxylic acids is 1. The van der Waals surface area contributed by atoms with Crippen LogP contribution in [0.3, 0.4) is 0 Å². The minimum atomic E-state index is -2.35. The summed E-state index contributed by atoms with van der Waals surface area (Å²) in [5, 5.41) is 10.9. The Morgan fingerprint density at radius 2 is 1.87 bits per heavy atom. The third kappa shape index (κ3) is 6.40. The summed E-state index contributed by atoms with van der Waals surface area (Å²) >= 11 is 0. The number of piperazine rings is 1. The molecule has 6 heterocycles. The van der Waals surface area contributed by atoms with Gasteiger partial charge in [-0.25, -0.2) is 13.9 Å². The molecular weight excluding hydrogens is 602 g/mol. The summed E-state index contributed by atoms with van der Waals surface area (Å²) in [5.41, 5.74) is 4.90. The standard InChI is InChI=1S/C33H43N9O3S/c1-22-5-4-14-45-32-27(20-35-40(32)3)29-18-24(17-23(2)36-29)31(43)38-33-37-28-7-6-25(19-30(28)42(33)21-22)39-46(44)15-8-26(9-16-46)41-12-10-34-11-13-41/h6-7,17-20,22,26,34H,4-5,8-16,21H2,1-3H3,(H,37,38,43)/t22-,26?,46?/m1/s1. The van der Waals surface area contributed by atoms with Crippen LogP contribution < -0.4 is 15.4 Å². The quantitative estimate of drug-likeness (QED) is 0.329. The Bertz CT molecular complexity index is 1870. The Labute approximate surface area is 270 Å². The van der Waals surface area contributed by atoms with Crippen LogP contribution in [0.25, 0.3) is 22.3 Å². The van der Waals surface area contributed by atoms with E-state index in [1.54, 1.807) is 23.0 Å². The minimum Gasteiger partial charge on any atom is -0.477 e. The monoisotopic (exact) mass is 645 g/mol. The summed E-state index contributed by atoms with van der Waals surface area (Å²) in [7, 11) is -0.503. The number of pyridine rings is 1. The van der Waals surface area contributed by atoms with Gasteiger partial charge in [0.1, 0.15) is 0 Å². The summed E-state index contributed by atoms with van der Waals surface area (Å²) in [6, 6.07) is 9.83. The average Bonchev–Trinajstić information content (AvgIpc) is 3.58. The van der Waals surface area contributed by atoms with Gasteiger partial charge >= 0.3 is 0 Å². The van der Waals surface area contributed by atoms with Crippen LogP contribution in [-0.4, -0.2) is 89.7 Å². The number of amides is 1. The molecule has 2 bridgehead atoms. The number of benzene rings is 1. The van der Waals surface area contributed by atoms with Gasteiger partial charge in [-0.2, -0.15) is 9.46 Å². The lowest BCUT2D eigenvalue weighted by molar-refractivity contribution is 0.102. The first-order chi connectivity index (χ1) is 22.2. The van der Waals surface area contributed by atoms with Crippen LogP contribution in [-0.2, 0) is 23.3 Å². The number of carbonyl (C=O) groups is 1. The van der Waals surface area contributed by atoms with E-state index in [0.29, 0.717) is 65.2 Å². The molecule has 1 amide bonds. The van der Waals surface area contributed by atoms with Gasteiger partial charge in [0.05, 0.1) is 50.5 Å². The van der Waals surface area contributed by atoms with Crippen LogP contribution in [0, 0.1) is 12.8 Å². The lowest BCUT2D eigenvalue weighted by Gasteiger charge is -2.37. The van der Waals surface area contributed by atoms with E-state index < -0.39 is 9.73 Å². The van der Waals surface area contributed by atoms with Crippen LogP contribution >= 0.6 is 0 Å². The molecule has 3 aromatic heterocycles. The normalized spacial score (nSPS) is 24.6. The maximum atomic E-state index is 13.9. The van der Waals surface area contributed by atoms with Crippen molar-refractivity contribution in [1.29, 1.82) is 0 Å². The molecule has 0 saturated carbocycles. The van der Waals surface area contributed by atoms with Gasteiger partial charge in [-0.1, -0.05) is 6.92 Å². The summed E-state index contributed by atoms with van der Waals surface area (Å²) < 4.78 is 28.7. The van der Waals surface area contributed by atoms with Gasteiger partial charge in [0, 0.05) is 68.6 Å². The maximum Gasteiger partial charge on any atom is 0.258 e. The number of ether oxygens (including phenoxy) is 1. The Hall–Kier alpha value is -3.81. The molecule has 0 spiro atoms. The van der Waals surface area contributed by atoms with Crippen molar-refractivity contribution in [1.82, 2.24) is 34.5 Å². The average molecular weight is 646 g/mol. The van der Waals surface area contributed by atoms with Crippen LogP contribution in [0.2, 0.25) is 0 Å². The summed E-state index contributed by atoms with van der Waals surface area (Å²) in [6.45, 7) is 9.41. The van der Waals surface area contributed by atoms with Crippen LogP contribution in [0.1, 0.15) is 48.7 Å². The first-order valence-electron chi connectivity index (χ1n) is 16.4. The molecule has 46 heavy (non-hydrogen) atoms. The topological polar surface area (TPSA) is 132 Å². The molecule has 0 unspecified atom stereocenters. The third-order valence-electron chi connectivity index (χ3n) is 9.39. The smallest absolute Gasteiger partial charge is 0.258 e. The molecule has 3 aliphatic rings. The number of hydrogen-bond acceptors (Lipinski definition) is 9. The van der Waals surface area contributed by atoms with Crippen molar-refractivity contribution in [2.75, 3.05) is 49.6 Å². The molecule has 4 aromatic rings. The maximum absolute atomic E-state index is 13.9. The molecule has 244 valence electrons. The predicted molar refractivity (Wildman–Crippen MR) is 180 cm³/mol. The largest absolute Gasteiger partial charge is 0.477 e. The van der Waals surface area contributed by atoms with Crippen LogP contribution in [0.5, 0.6) is 5.88 Å². The molecule has 2 fully saturated rings. The second-order valence-corrected chi connectivity index (χ2v) is 15.5. The van der Waals surface area contributed by atoms with Crippen LogP contribution in [0.15, 0.2) is 40.9 Å². The molecule has 2 N–H and O–H groups in total. The number of aromatic nitrogens is 5. The fraction of sp³-hybridized carbons (Fsp3) is 0.515. The fourth-order valence-electron chi connectivity index (χ4n) is 6.92. The van der Waals surface area contributed by atoms with Crippen molar-refractivity contribution < 1.29 is 13.7 Å². The fourth-order valence-corrected chi connectivity index (χ4v) is 9.08. The number of nitrogens with zero attached hydrogens (tertiary/aromatic N) is 7. The number of anilines is 1. The number of imidazole rings is 1. The van der Waals surface area contributed by atoms with E-state index >= 15 is 0 Å². The Morgan fingerprint density at radius 3 is 2.67 bits per heavy atom. The lowest BCUT2D eigenvalue weighted by atomic mass is 10.1. The molecule has 2 saturated heterocycles. The summed E-state index contributed by atoms with van der Waals surface area (Å²) in [5.74, 6) is 2.35. The van der Waals surface area contributed by atoms with Gasteiger partial charge in [0.25, 0.3) is 5.91 Å². The van der Waals surface area contributed by atoms with Crippen molar-refractivity contribution in [2.24, 2.45) is 17.3 Å². The molecule has 0 aliphatic carbocycles. The van der Waals surface area contributed by atoms with E-state index in [-0.39, 0.29) is 11.8 Å². The van der Waals surface area contributed by atoms with E-state index in [9.17, 15) is 9.00 Å². The number of fused-ring (bicyclic) bond motifs is 7. The molecule has 12 nitrogen and oxygen atoms in total. The summed E-state index contributed by atoms with van der Waals surface area (Å²) in [4.78, 5) is 25.8. The summed E-state index contributed by atoms with van der Waals surface area (Å²) in [6.07, 6.45) is 5.32. The zero-order chi connectivity index (χ0) is 31.8. The number of hydrogen-bond donors (Lipinski definition) is 2. The first kappa shape index (κ1) is 30.8. The number of aryl methyl sites for hydroxylation is 2. The highest BCUT2D eigenvalue weighted by Gasteiger charge is 2.28. The van der Waals surface area contributed by atoms with Crippen molar-refractivity contribution in [2.45, 2.75) is 52.1 Å². The molecule has 0 radical (unpaired) electrons. The Morgan fingerprint density at radius 1 is 1.07 bits per heavy atom. The lowest BCUT2D eigenvalue weighted by Crippen LogP contribution is -2.50. The molecule has 13 heteroatoms. The van der Waals surface area contributed by atoms with Gasteiger partial charge in [0.15, 0.2) is 0 Å². The van der Waals surface area contributed by atoms with Gasteiger partial charge in [-0.05, 0) is 68.9 Å². The van der Waals surface area contributed by atoms with Crippen LogP contribution in [0.4, 0.5) is 11.6 Å². The predicted octanol–water partition coefficient (Wildman–Crippen LogP) is 4.37. The highest BCUT2D eigenvalue weighted by atomic mass is 32.2. The third-order valence-corrected chi connectivity index (χ3v) is 11.7. The number of nitrogens with one attached hydrogen (secondary N) is 2. The first-order valence-corrected chi connectivity index (χ1v) is 18.2. The van der Waals surface area contributed by atoms with Gasteiger partial charge in [-0.3, -0.25) is 20.0 Å². The van der Waals surface area contributed by atoms with E-state index in [0.717, 1.165) is 68.5 Å². The highest BCUT2D eigenvalue weighted by Crippen LogP contribution is 2.32. The van der Waals surface area contributed by atoms with Crippen molar-refractivity contribution >= 4 is 38.3 Å². The molecular formula is C33H43N9O3S. The van der Waals surface area contributed by atoms with Gasteiger partial charge in [0.2, 0.25) is 11.8 Å². The molecule has 1 atom stereocenters. The Balaban J connectivity index is 1.20. The zero-order valence-corrected chi connectivity index (χ0v) is 27.7. The van der Waals surface area contributed by atoms with Crippen molar-refractivity contribution in [3.63, 3.8) is 0 Å². The van der Waals surface area contributed by atoms with Crippen molar-refractivity contribution in [3.8, 4) is 17.1 Å². The second-order valence-electron chi connectivity index (χ2n) is 12.9. The van der Waals surface area contributed by atoms with E-state index in [1.165, 1.54) is 0 Å². The van der Waals surface area contributed by atoms with Gasteiger partial charge < -0.3 is 14.6 Å². The highest BCUT2D eigenvalue weighted by molar-refractivity contribution is 7.93. The molecule has 3 aliphatic heterocycles. The zero-order valence-electron chi connectivity index (χ0n) is 26.9. The van der Waals surface area contributed by atoms with Gasteiger partial charge in [-0.15, -0.1) is 0 Å².